The fraction of sp³-hybridized carbons (Fsp3) is 0.444. The summed E-state index contributed by atoms with van der Waals surface area (Å²) in [4.78, 5) is 3.91. The molecule has 0 aliphatic heterocycles. The summed E-state index contributed by atoms with van der Waals surface area (Å²) >= 11 is 3.16. The Hall–Kier alpha value is -0.310. The van der Waals surface area contributed by atoms with Crippen molar-refractivity contribution in [2.45, 2.75) is 11.3 Å². The molecule has 0 bridgehead atoms. The second kappa shape index (κ2) is 6.58. The summed E-state index contributed by atoms with van der Waals surface area (Å²) in [6.45, 7) is 0.272. The summed E-state index contributed by atoms with van der Waals surface area (Å²) in [7, 11) is -4.42. The van der Waals surface area contributed by atoms with Gasteiger partial charge >= 0.3 is 0 Å². The highest BCUT2D eigenvalue weighted by Crippen LogP contribution is 2.13. The van der Waals surface area contributed by atoms with Gasteiger partial charge in [0.15, 0.2) is 0 Å². The maximum Gasteiger partial charge on any atom is 0.242 e. The molecule has 0 aliphatic rings. The predicted molar refractivity (Wildman–Crippen MR) is 70.7 cm³/mol. The van der Waals surface area contributed by atoms with E-state index in [1.165, 1.54) is 18.5 Å². The van der Waals surface area contributed by atoms with Crippen LogP contribution in [0.5, 0.6) is 0 Å². The van der Waals surface area contributed by atoms with Crippen LogP contribution in [0.4, 0.5) is 0 Å². The lowest BCUT2D eigenvalue weighted by Crippen LogP contribution is -2.25. The monoisotopic (exact) mass is 340 g/mol. The molecule has 17 heavy (non-hydrogen) atoms. The van der Waals surface area contributed by atoms with Crippen LogP contribution in [0.25, 0.3) is 0 Å². The first-order valence-corrected chi connectivity index (χ1v) is 8.82. The maximum absolute atomic E-state index is 11.8. The van der Waals surface area contributed by atoms with Crippen molar-refractivity contribution in [2.24, 2.45) is 0 Å². The fourth-order valence-electron chi connectivity index (χ4n) is 1.10. The quantitative estimate of drug-likeness (QED) is 0.780. The van der Waals surface area contributed by atoms with Crippen molar-refractivity contribution in [2.75, 3.05) is 18.6 Å². The highest BCUT2D eigenvalue weighted by molar-refractivity contribution is 9.10. The van der Waals surface area contributed by atoms with E-state index in [-0.39, 0.29) is 11.4 Å². The molecule has 1 unspecified atom stereocenters. The summed E-state index contributed by atoms with van der Waals surface area (Å²) in [5.74, 6) is 0.485. The standard InChI is InChI=1S/C9H13BrN2O3S2/c1-16(13)4-2-3-12-17(14,15)9-5-8(10)6-11-7-9/h5-7,12H,2-4H2,1H3. The number of halogens is 1. The Morgan fingerprint density at radius 1 is 1.47 bits per heavy atom. The summed E-state index contributed by atoms with van der Waals surface area (Å²) in [6, 6.07) is 1.48. The van der Waals surface area contributed by atoms with E-state index in [0.29, 0.717) is 16.6 Å². The van der Waals surface area contributed by atoms with E-state index in [0.717, 1.165) is 0 Å². The van der Waals surface area contributed by atoms with Crippen LogP contribution in [0.15, 0.2) is 27.8 Å². The van der Waals surface area contributed by atoms with Crippen LogP contribution in [-0.4, -0.2) is 36.2 Å². The van der Waals surface area contributed by atoms with Crippen molar-refractivity contribution in [3.8, 4) is 0 Å². The Morgan fingerprint density at radius 2 is 2.18 bits per heavy atom. The number of nitrogens with zero attached hydrogens (tertiary/aromatic N) is 1. The van der Waals surface area contributed by atoms with Gasteiger partial charge in [-0.25, -0.2) is 13.1 Å². The van der Waals surface area contributed by atoms with Crippen molar-refractivity contribution in [3.05, 3.63) is 22.9 Å². The Labute approximate surface area is 112 Å². The van der Waals surface area contributed by atoms with E-state index in [1.807, 2.05) is 0 Å². The molecule has 0 aliphatic carbocycles. The molecule has 0 amide bonds. The molecule has 1 aromatic heterocycles. The smallest absolute Gasteiger partial charge is 0.242 e. The number of sulfonamides is 1. The van der Waals surface area contributed by atoms with Gasteiger partial charge in [-0.05, 0) is 28.4 Å². The average molecular weight is 341 g/mol. The van der Waals surface area contributed by atoms with Crippen LogP contribution in [0.2, 0.25) is 0 Å². The minimum absolute atomic E-state index is 0.115. The van der Waals surface area contributed by atoms with E-state index >= 15 is 0 Å². The SMILES string of the molecule is CS(=O)CCCNS(=O)(=O)c1cncc(Br)c1. The Bertz CT molecular complexity index is 505. The van der Waals surface area contributed by atoms with Crippen LogP contribution in [-0.2, 0) is 20.8 Å². The summed E-state index contributed by atoms with van der Waals surface area (Å²) in [5, 5.41) is 0. The van der Waals surface area contributed by atoms with Gasteiger partial charge in [0.2, 0.25) is 10.0 Å². The third-order valence-electron chi connectivity index (χ3n) is 1.89. The van der Waals surface area contributed by atoms with Crippen LogP contribution in [0.1, 0.15) is 6.42 Å². The van der Waals surface area contributed by atoms with Gasteiger partial charge in [-0.3, -0.25) is 9.19 Å². The number of nitrogens with one attached hydrogen (secondary N) is 1. The summed E-state index contributed by atoms with van der Waals surface area (Å²) in [6.07, 6.45) is 4.93. The minimum Gasteiger partial charge on any atom is -0.262 e. The molecule has 8 heteroatoms. The third kappa shape index (κ3) is 5.24. The molecule has 1 aromatic rings. The van der Waals surface area contributed by atoms with Gasteiger partial charge in [-0.1, -0.05) is 0 Å². The summed E-state index contributed by atoms with van der Waals surface area (Å²) in [5.41, 5.74) is 0. The Morgan fingerprint density at radius 3 is 2.76 bits per heavy atom. The van der Waals surface area contributed by atoms with Crippen LogP contribution < -0.4 is 4.72 Å². The molecular formula is C9H13BrN2O3S2. The van der Waals surface area contributed by atoms with Crippen molar-refractivity contribution >= 4 is 36.8 Å². The first kappa shape index (κ1) is 14.7. The van der Waals surface area contributed by atoms with Crippen molar-refractivity contribution < 1.29 is 12.6 Å². The number of hydrogen-bond donors (Lipinski definition) is 1. The van der Waals surface area contributed by atoms with Gasteiger partial charge in [0, 0.05) is 46.2 Å². The maximum atomic E-state index is 11.8. The number of rotatable bonds is 6. The Kier molecular flexibility index (Phi) is 5.71. The van der Waals surface area contributed by atoms with Gasteiger partial charge in [0.25, 0.3) is 0 Å². The van der Waals surface area contributed by atoms with E-state index in [1.54, 1.807) is 6.26 Å². The Balaban J connectivity index is 2.60. The number of pyridine rings is 1. The highest BCUT2D eigenvalue weighted by Gasteiger charge is 2.13. The van der Waals surface area contributed by atoms with E-state index in [4.69, 9.17) is 0 Å². The molecule has 0 aromatic carbocycles. The molecule has 0 saturated carbocycles. The molecule has 0 saturated heterocycles. The van der Waals surface area contributed by atoms with E-state index < -0.39 is 20.8 Å². The van der Waals surface area contributed by atoms with E-state index in [2.05, 4.69) is 25.6 Å². The molecule has 1 rings (SSSR count). The van der Waals surface area contributed by atoms with Crippen molar-refractivity contribution in [3.63, 3.8) is 0 Å². The lowest BCUT2D eigenvalue weighted by molar-refractivity contribution is 0.580. The topological polar surface area (TPSA) is 76.1 Å². The zero-order valence-corrected chi connectivity index (χ0v) is 12.4. The van der Waals surface area contributed by atoms with Gasteiger partial charge in [0.1, 0.15) is 4.90 Å². The molecule has 0 fully saturated rings. The van der Waals surface area contributed by atoms with Crippen molar-refractivity contribution in [1.29, 1.82) is 0 Å². The van der Waals surface area contributed by atoms with Gasteiger partial charge in [0.05, 0.1) is 0 Å². The molecule has 0 radical (unpaired) electrons. The van der Waals surface area contributed by atoms with Crippen LogP contribution in [0, 0.1) is 0 Å². The molecule has 1 heterocycles. The number of hydrogen-bond acceptors (Lipinski definition) is 4. The first-order chi connectivity index (χ1) is 7.92. The van der Waals surface area contributed by atoms with Crippen LogP contribution in [0.3, 0.4) is 0 Å². The van der Waals surface area contributed by atoms with Crippen molar-refractivity contribution in [1.82, 2.24) is 9.71 Å². The van der Waals surface area contributed by atoms with E-state index in [9.17, 15) is 12.6 Å². The molecule has 96 valence electrons. The second-order valence-corrected chi connectivity index (χ2v) is 7.60. The lowest BCUT2D eigenvalue weighted by atomic mass is 10.5. The predicted octanol–water partition coefficient (Wildman–Crippen LogP) is 0.891. The van der Waals surface area contributed by atoms with Gasteiger partial charge in [-0.2, -0.15) is 0 Å². The molecule has 0 spiro atoms. The van der Waals surface area contributed by atoms with Crippen LogP contribution >= 0.6 is 15.9 Å². The highest BCUT2D eigenvalue weighted by atomic mass is 79.9. The molecule has 1 atom stereocenters. The zero-order valence-electron chi connectivity index (χ0n) is 9.22. The normalized spacial score (nSPS) is 13.5. The lowest BCUT2D eigenvalue weighted by Gasteiger charge is -2.05. The summed E-state index contributed by atoms with van der Waals surface area (Å²) < 4.78 is 37.4. The fourth-order valence-corrected chi connectivity index (χ4v) is 3.23. The van der Waals surface area contributed by atoms with Gasteiger partial charge in [-0.15, -0.1) is 0 Å². The second-order valence-electron chi connectivity index (χ2n) is 3.37. The molecule has 5 nitrogen and oxygen atoms in total. The van der Waals surface area contributed by atoms with Gasteiger partial charge < -0.3 is 0 Å². The first-order valence-electron chi connectivity index (χ1n) is 4.82. The molecule has 1 N–H and O–H groups in total. The average Bonchev–Trinajstić information content (AvgIpc) is 2.24. The minimum atomic E-state index is -3.52. The zero-order chi connectivity index (χ0) is 12.9. The number of aromatic nitrogens is 1. The third-order valence-corrected chi connectivity index (χ3v) is 4.62. The largest absolute Gasteiger partial charge is 0.262 e. The molecular weight excluding hydrogens is 328 g/mol.